The average Bonchev–Trinajstić information content (AvgIpc) is 4.10. The third kappa shape index (κ3) is 9.89. The lowest BCUT2D eigenvalue weighted by molar-refractivity contribution is 0.313. The molecule has 0 aromatic carbocycles. The van der Waals surface area contributed by atoms with Crippen LogP contribution in [0.15, 0.2) is 110 Å². The summed E-state index contributed by atoms with van der Waals surface area (Å²) >= 11 is 5.93. The maximum Gasteiger partial charge on any atom is 0.246 e. The van der Waals surface area contributed by atoms with Gasteiger partial charge in [-0.1, -0.05) is 12.1 Å². The number of fused-ring (bicyclic) bond motifs is 2. The van der Waals surface area contributed by atoms with Crippen molar-refractivity contribution in [1.82, 2.24) is 63.6 Å². The van der Waals surface area contributed by atoms with Gasteiger partial charge in [-0.2, -0.15) is 9.97 Å². The molecule has 0 unspecified atom stereocenters. The van der Waals surface area contributed by atoms with Gasteiger partial charge in [0.1, 0.15) is 22.7 Å². The van der Waals surface area contributed by atoms with Crippen LogP contribution in [0.2, 0.25) is 5.28 Å². The lowest BCUT2D eigenvalue weighted by Crippen LogP contribution is -2.26. The predicted molar refractivity (Wildman–Crippen MR) is 250 cm³/mol. The maximum absolute atomic E-state index is 5.93. The summed E-state index contributed by atoms with van der Waals surface area (Å²) in [4.78, 5) is 29.2. The van der Waals surface area contributed by atoms with Crippen molar-refractivity contribution in [2.45, 2.75) is 88.4 Å². The summed E-state index contributed by atoms with van der Waals surface area (Å²) in [6, 6.07) is 21.9. The van der Waals surface area contributed by atoms with E-state index in [0.717, 1.165) is 60.1 Å². The first-order valence-corrected chi connectivity index (χ1v) is 21.8. The van der Waals surface area contributed by atoms with E-state index in [0.29, 0.717) is 29.9 Å². The van der Waals surface area contributed by atoms with Gasteiger partial charge in [0, 0.05) is 61.9 Å². The minimum atomic E-state index is 0. The van der Waals surface area contributed by atoms with E-state index >= 15 is 0 Å². The van der Waals surface area contributed by atoms with Crippen LogP contribution >= 0.6 is 36.4 Å². The zero-order valence-electron chi connectivity index (χ0n) is 34.7. The van der Waals surface area contributed by atoms with Gasteiger partial charge in [0.2, 0.25) is 11.2 Å². The lowest BCUT2D eigenvalue weighted by Gasteiger charge is -2.26. The Balaban J connectivity index is 0.000000142. The summed E-state index contributed by atoms with van der Waals surface area (Å²) < 4.78 is 7.95. The molecule has 19 heteroatoms. The lowest BCUT2D eigenvalue weighted by atomic mass is 9.93. The number of rotatable bonds is 9. The molecule has 328 valence electrons. The van der Waals surface area contributed by atoms with Crippen molar-refractivity contribution in [3.63, 3.8) is 0 Å². The number of pyridine rings is 2. The number of aromatic nitrogens is 12. The van der Waals surface area contributed by atoms with Crippen molar-refractivity contribution in [3.05, 3.63) is 127 Å². The van der Waals surface area contributed by atoms with Gasteiger partial charge in [-0.05, 0) is 131 Å². The molecule has 2 atom stereocenters. The van der Waals surface area contributed by atoms with Gasteiger partial charge in [0.05, 0.1) is 30.1 Å². The van der Waals surface area contributed by atoms with Crippen molar-refractivity contribution in [2.24, 2.45) is 0 Å². The number of nitrogens with zero attached hydrogens (tertiary/aromatic N) is 13. The highest BCUT2D eigenvalue weighted by molar-refractivity contribution is 6.28. The summed E-state index contributed by atoms with van der Waals surface area (Å²) in [7, 11) is 0. The van der Waals surface area contributed by atoms with Crippen molar-refractivity contribution >= 4 is 76.7 Å². The van der Waals surface area contributed by atoms with Crippen LogP contribution in [0.4, 0.5) is 29.2 Å². The predicted octanol–water partition coefficient (Wildman–Crippen LogP) is 9.53. The van der Waals surface area contributed by atoms with Crippen LogP contribution < -0.4 is 20.9 Å². The topological polar surface area (TPSA) is 161 Å². The fourth-order valence-corrected chi connectivity index (χ4v) is 8.52. The largest absolute Gasteiger partial charge is 0.332 e. The Morgan fingerprint density at radius 2 is 1.21 bits per heavy atom. The Bertz CT molecular complexity index is 2670. The number of nitrogens with one attached hydrogen (secondary N) is 3. The van der Waals surface area contributed by atoms with Gasteiger partial charge in [-0.25, -0.2) is 19.0 Å². The Morgan fingerprint density at radius 1 is 0.603 bits per heavy atom. The Labute approximate surface area is 382 Å². The van der Waals surface area contributed by atoms with E-state index in [4.69, 9.17) is 21.7 Å². The molecule has 2 saturated carbocycles. The Morgan fingerprint density at radius 3 is 1.76 bits per heavy atom. The van der Waals surface area contributed by atoms with Gasteiger partial charge in [0.15, 0.2) is 11.6 Å². The molecule has 10 heterocycles. The summed E-state index contributed by atoms with van der Waals surface area (Å²) in [6.07, 6.45) is 27.6. The van der Waals surface area contributed by atoms with E-state index in [1.807, 2.05) is 96.7 Å². The van der Waals surface area contributed by atoms with E-state index in [2.05, 4.69) is 78.3 Å². The second kappa shape index (κ2) is 20.1. The highest BCUT2D eigenvalue weighted by Gasteiger charge is 2.30. The van der Waals surface area contributed by atoms with Crippen LogP contribution in [-0.4, -0.2) is 71.4 Å². The summed E-state index contributed by atoms with van der Waals surface area (Å²) in [5.41, 5.74) is 4.06. The molecule has 0 radical (unpaired) electrons. The van der Waals surface area contributed by atoms with Gasteiger partial charge in [-0.15, -0.1) is 35.0 Å². The third-order valence-electron chi connectivity index (χ3n) is 12.1. The minimum Gasteiger partial charge on any atom is -0.332 e. The molecule has 3 N–H and O–H groups in total. The molecule has 2 saturated heterocycles. The molecule has 4 fully saturated rings. The molecule has 2 aliphatic heterocycles. The monoisotopic (exact) mass is 908 g/mol. The fourth-order valence-electron chi connectivity index (χ4n) is 8.36. The number of anilines is 5. The van der Waals surface area contributed by atoms with E-state index in [1.165, 1.54) is 57.1 Å². The quantitative estimate of drug-likeness (QED) is 0.126. The van der Waals surface area contributed by atoms with Crippen molar-refractivity contribution in [1.29, 1.82) is 0 Å². The molecule has 0 amide bonds. The fraction of sp³-hybridized carbons (Fsp3) is 0.364. The zero-order chi connectivity index (χ0) is 41.0. The van der Waals surface area contributed by atoms with Crippen LogP contribution in [0.5, 0.6) is 0 Å². The minimum absolute atomic E-state index is 0. The number of imidazole rings is 2. The van der Waals surface area contributed by atoms with Crippen molar-refractivity contribution < 1.29 is 0 Å². The van der Waals surface area contributed by atoms with E-state index in [-0.39, 0.29) is 36.1 Å². The summed E-state index contributed by atoms with van der Waals surface area (Å²) in [6.45, 7) is 2.06. The van der Waals surface area contributed by atoms with Crippen LogP contribution in [0.1, 0.15) is 99.8 Å². The third-order valence-corrected chi connectivity index (χ3v) is 12.2. The maximum atomic E-state index is 5.93. The Kier molecular flexibility index (Phi) is 14.0. The number of hydrogen-bond acceptors (Lipinski definition) is 12. The van der Waals surface area contributed by atoms with E-state index < -0.39 is 0 Å². The van der Waals surface area contributed by atoms with Gasteiger partial charge in [0.25, 0.3) is 0 Å². The van der Waals surface area contributed by atoms with E-state index in [9.17, 15) is 0 Å². The van der Waals surface area contributed by atoms with Crippen LogP contribution in [0, 0.1) is 0 Å². The summed E-state index contributed by atoms with van der Waals surface area (Å²) in [5, 5.41) is 19.1. The Hall–Kier alpha value is -5.81. The first kappa shape index (κ1) is 43.8. The van der Waals surface area contributed by atoms with E-state index in [1.54, 1.807) is 4.52 Å². The number of halogens is 3. The molecule has 2 aliphatic carbocycles. The zero-order valence-corrected chi connectivity index (χ0v) is 37.1. The average molecular weight is 910 g/mol. The normalized spacial score (nSPS) is 18.3. The molecule has 63 heavy (non-hydrogen) atoms. The molecule has 8 aromatic rings. The standard InChI is InChI=1S/C22H24N8.C13H13ClN6.C9H12N2.2ClH/c1-2-11-23-17(8-1)18-9-4-12-29(18)22-26-21(19-10-5-13-30(19)27-22)25-20-14-28(15-24-20)16-6-3-7-16;14-13-17-12(10-5-2-6-20(10)18-13)16-11-7-19(8-15-11)9-3-1-4-9;1-2-6-10-8(4-1)9-5-3-7-11-9;;/h1-2,5,8,10-11,13-16,18H,3-4,6-7,9,12H2,(H,25,26,27);2,5-9H,1,3-4H2,(H,16,17,18);1-2,4,6,9,11H,3,5,7H2;2*1H/t18-;;9-;;/m0.0../s1. The smallest absolute Gasteiger partial charge is 0.246 e. The number of hydrogen-bond donors (Lipinski definition) is 3. The van der Waals surface area contributed by atoms with Crippen molar-refractivity contribution in [3.8, 4) is 0 Å². The first-order valence-electron chi connectivity index (χ1n) is 21.4. The van der Waals surface area contributed by atoms with Gasteiger partial charge in [-0.3, -0.25) is 9.97 Å². The van der Waals surface area contributed by atoms with Crippen LogP contribution in [-0.2, 0) is 0 Å². The molecule has 8 aromatic heterocycles. The molecular formula is C44H51Cl3N16. The molecule has 16 nitrogen and oxygen atoms in total. The van der Waals surface area contributed by atoms with Gasteiger partial charge < -0.3 is 30.0 Å². The molecular weight excluding hydrogens is 859 g/mol. The first-order chi connectivity index (χ1) is 30.1. The molecule has 0 bridgehead atoms. The second-order valence-electron chi connectivity index (χ2n) is 16.0. The second-order valence-corrected chi connectivity index (χ2v) is 16.3. The molecule has 4 aliphatic rings. The molecule has 12 rings (SSSR count). The van der Waals surface area contributed by atoms with Crippen LogP contribution in [0.3, 0.4) is 0 Å². The summed E-state index contributed by atoms with van der Waals surface area (Å²) in [5.74, 6) is 3.74. The molecule has 0 spiro atoms. The highest BCUT2D eigenvalue weighted by Crippen LogP contribution is 2.36. The SMILES string of the molecule is Cl.Cl.Clc1nc(Nc2cn(C3CCC3)cn2)c2cccn2n1.c1ccc([C@@H]2CCCN2)nc1.c1ccc([C@@H]2CCCN2c2nc(Nc3cn(C4CCC4)cn3)c3cccn3n2)nc1. The van der Waals surface area contributed by atoms with Crippen molar-refractivity contribution in [2.75, 3.05) is 28.6 Å². The highest BCUT2D eigenvalue weighted by atomic mass is 35.5. The van der Waals surface area contributed by atoms with Crippen LogP contribution in [0.25, 0.3) is 11.0 Å². The van der Waals surface area contributed by atoms with Gasteiger partial charge >= 0.3 is 0 Å².